The van der Waals surface area contributed by atoms with Gasteiger partial charge in [-0.25, -0.2) is 0 Å². The summed E-state index contributed by atoms with van der Waals surface area (Å²) in [6.07, 6.45) is 5.47. The Morgan fingerprint density at radius 2 is 2.17 bits per heavy atom. The number of phenolic OH excluding ortho intramolecular Hbond substituents is 1. The normalized spacial score (nSPS) is 10.4. The van der Waals surface area contributed by atoms with Gasteiger partial charge in [-0.15, -0.1) is 0 Å². The third-order valence-corrected chi connectivity index (χ3v) is 2.03. The highest BCUT2D eigenvalue weighted by Gasteiger charge is 1.95. The van der Waals surface area contributed by atoms with E-state index in [1.165, 1.54) is 0 Å². The molecule has 0 aromatic heterocycles. The van der Waals surface area contributed by atoms with E-state index in [-0.39, 0.29) is 5.75 Å². The van der Waals surface area contributed by atoms with Gasteiger partial charge in [0.25, 0.3) is 0 Å². The molecule has 0 atom stereocenters. The van der Waals surface area contributed by atoms with Gasteiger partial charge in [0.2, 0.25) is 0 Å². The lowest BCUT2D eigenvalue weighted by atomic mass is 10.2. The second kappa shape index (κ2) is 4.12. The molecule has 62 valence electrons. The Kier molecular flexibility index (Phi) is 3.11. The van der Waals surface area contributed by atoms with E-state index in [0.717, 1.165) is 5.56 Å². The first-order valence-corrected chi connectivity index (χ1v) is 4.31. The number of hydrogen-bond donors (Lipinski definition) is 1. The lowest BCUT2D eigenvalue weighted by molar-refractivity contribution is 0.472. The standard InChI is InChI=1S/C10H9BrO/c1-2-3-4-8-5-6-10(12)9(11)7-8/h2-7,12H,1H2/b4-3+. The molecule has 0 radical (unpaired) electrons. The van der Waals surface area contributed by atoms with Crippen molar-refractivity contribution in [2.24, 2.45) is 0 Å². The van der Waals surface area contributed by atoms with E-state index in [0.29, 0.717) is 4.47 Å². The molecule has 0 saturated carbocycles. The molecular formula is C10H9BrO. The van der Waals surface area contributed by atoms with Crippen molar-refractivity contribution in [2.75, 3.05) is 0 Å². The molecule has 1 aromatic rings. The molecule has 1 rings (SSSR count). The van der Waals surface area contributed by atoms with E-state index in [4.69, 9.17) is 0 Å². The summed E-state index contributed by atoms with van der Waals surface area (Å²) in [5.74, 6) is 0.255. The van der Waals surface area contributed by atoms with Crippen LogP contribution >= 0.6 is 15.9 Å². The Morgan fingerprint density at radius 1 is 1.42 bits per heavy atom. The molecule has 12 heavy (non-hydrogen) atoms. The van der Waals surface area contributed by atoms with Crippen molar-refractivity contribution >= 4 is 22.0 Å². The highest BCUT2D eigenvalue weighted by atomic mass is 79.9. The van der Waals surface area contributed by atoms with Crippen LogP contribution in [0.5, 0.6) is 5.75 Å². The zero-order valence-corrected chi connectivity index (χ0v) is 8.08. The highest BCUT2D eigenvalue weighted by Crippen LogP contribution is 2.24. The predicted octanol–water partition coefficient (Wildman–Crippen LogP) is 3.35. The Balaban J connectivity index is 2.96. The van der Waals surface area contributed by atoms with E-state index in [2.05, 4.69) is 22.5 Å². The Hall–Kier alpha value is -1.02. The first kappa shape index (κ1) is 9.07. The summed E-state index contributed by atoms with van der Waals surface area (Å²) < 4.78 is 0.703. The fraction of sp³-hybridized carbons (Fsp3) is 0. The minimum atomic E-state index is 0.255. The number of benzene rings is 1. The van der Waals surface area contributed by atoms with Crippen LogP contribution in [0.4, 0.5) is 0 Å². The molecule has 1 aromatic carbocycles. The number of rotatable bonds is 2. The van der Waals surface area contributed by atoms with Crippen molar-refractivity contribution in [3.63, 3.8) is 0 Å². The van der Waals surface area contributed by atoms with Crippen LogP contribution in [0.25, 0.3) is 6.08 Å². The van der Waals surface area contributed by atoms with Gasteiger partial charge in [0.15, 0.2) is 0 Å². The molecule has 0 aliphatic heterocycles. The molecule has 0 unspecified atom stereocenters. The number of aromatic hydroxyl groups is 1. The minimum absolute atomic E-state index is 0.255. The van der Waals surface area contributed by atoms with E-state index in [1.54, 1.807) is 12.1 Å². The van der Waals surface area contributed by atoms with Gasteiger partial charge in [0, 0.05) is 0 Å². The molecule has 0 aliphatic rings. The van der Waals surface area contributed by atoms with Crippen LogP contribution in [0.2, 0.25) is 0 Å². The molecule has 0 amide bonds. The quantitative estimate of drug-likeness (QED) is 0.765. The van der Waals surface area contributed by atoms with Gasteiger partial charge in [0.05, 0.1) is 4.47 Å². The van der Waals surface area contributed by atoms with Gasteiger partial charge in [-0.05, 0) is 33.6 Å². The summed E-state index contributed by atoms with van der Waals surface area (Å²) in [6, 6.07) is 5.32. The van der Waals surface area contributed by atoms with Crippen molar-refractivity contribution in [1.82, 2.24) is 0 Å². The maximum absolute atomic E-state index is 9.18. The van der Waals surface area contributed by atoms with Crippen LogP contribution in [-0.2, 0) is 0 Å². The highest BCUT2D eigenvalue weighted by molar-refractivity contribution is 9.10. The molecule has 2 heteroatoms. The van der Waals surface area contributed by atoms with Gasteiger partial charge >= 0.3 is 0 Å². The number of allylic oxidation sites excluding steroid dienone is 2. The first-order valence-electron chi connectivity index (χ1n) is 3.51. The zero-order chi connectivity index (χ0) is 8.97. The predicted molar refractivity (Wildman–Crippen MR) is 55.0 cm³/mol. The molecule has 0 saturated heterocycles. The van der Waals surface area contributed by atoms with Crippen LogP contribution in [0, 0.1) is 0 Å². The monoisotopic (exact) mass is 224 g/mol. The first-order chi connectivity index (χ1) is 5.74. The van der Waals surface area contributed by atoms with Gasteiger partial charge in [0.1, 0.15) is 5.75 Å². The summed E-state index contributed by atoms with van der Waals surface area (Å²) in [7, 11) is 0. The Bertz CT molecular complexity index is 316. The van der Waals surface area contributed by atoms with Crippen LogP contribution in [0.3, 0.4) is 0 Å². The summed E-state index contributed by atoms with van der Waals surface area (Å²) >= 11 is 3.23. The van der Waals surface area contributed by atoms with E-state index >= 15 is 0 Å². The number of halogens is 1. The largest absolute Gasteiger partial charge is 0.507 e. The lowest BCUT2D eigenvalue weighted by Crippen LogP contribution is -1.72. The van der Waals surface area contributed by atoms with E-state index in [1.807, 2.05) is 24.3 Å². The molecule has 0 heterocycles. The average molecular weight is 225 g/mol. The second-order valence-corrected chi connectivity index (χ2v) is 3.16. The summed E-state index contributed by atoms with van der Waals surface area (Å²) in [6.45, 7) is 3.57. The van der Waals surface area contributed by atoms with Crippen LogP contribution in [0.1, 0.15) is 5.56 Å². The SMILES string of the molecule is C=C/C=C/c1ccc(O)c(Br)c1. The van der Waals surface area contributed by atoms with Crippen LogP contribution in [0.15, 0.2) is 41.4 Å². The fourth-order valence-corrected chi connectivity index (χ4v) is 1.20. The molecule has 1 nitrogen and oxygen atoms in total. The third kappa shape index (κ3) is 2.24. The molecule has 0 bridgehead atoms. The van der Waals surface area contributed by atoms with Gasteiger partial charge < -0.3 is 5.11 Å². The van der Waals surface area contributed by atoms with Crippen molar-refractivity contribution < 1.29 is 5.11 Å². The van der Waals surface area contributed by atoms with E-state index < -0.39 is 0 Å². The maximum atomic E-state index is 9.18. The zero-order valence-electron chi connectivity index (χ0n) is 6.50. The Morgan fingerprint density at radius 3 is 2.75 bits per heavy atom. The fourth-order valence-electron chi connectivity index (χ4n) is 0.806. The molecule has 0 spiro atoms. The van der Waals surface area contributed by atoms with E-state index in [9.17, 15) is 5.11 Å². The average Bonchev–Trinajstić information content (AvgIpc) is 2.07. The van der Waals surface area contributed by atoms with Crippen molar-refractivity contribution in [1.29, 1.82) is 0 Å². The second-order valence-electron chi connectivity index (χ2n) is 2.31. The molecule has 0 fully saturated rings. The van der Waals surface area contributed by atoms with Crippen LogP contribution < -0.4 is 0 Å². The molecule has 1 N–H and O–H groups in total. The summed E-state index contributed by atoms with van der Waals surface area (Å²) in [4.78, 5) is 0. The van der Waals surface area contributed by atoms with Gasteiger partial charge in [-0.1, -0.05) is 30.9 Å². The summed E-state index contributed by atoms with van der Waals surface area (Å²) in [5.41, 5.74) is 1.03. The topological polar surface area (TPSA) is 20.2 Å². The van der Waals surface area contributed by atoms with Crippen LogP contribution in [-0.4, -0.2) is 5.11 Å². The summed E-state index contributed by atoms with van der Waals surface area (Å²) in [5, 5.41) is 9.18. The molecular weight excluding hydrogens is 216 g/mol. The van der Waals surface area contributed by atoms with Gasteiger partial charge in [-0.3, -0.25) is 0 Å². The third-order valence-electron chi connectivity index (χ3n) is 1.40. The smallest absolute Gasteiger partial charge is 0.129 e. The lowest BCUT2D eigenvalue weighted by Gasteiger charge is -1.97. The number of hydrogen-bond acceptors (Lipinski definition) is 1. The Labute approximate surface area is 80.2 Å². The minimum Gasteiger partial charge on any atom is -0.507 e. The maximum Gasteiger partial charge on any atom is 0.129 e. The number of phenols is 1. The van der Waals surface area contributed by atoms with Crippen molar-refractivity contribution in [2.45, 2.75) is 0 Å². The van der Waals surface area contributed by atoms with Crippen molar-refractivity contribution in [3.8, 4) is 5.75 Å². The molecule has 0 aliphatic carbocycles. The van der Waals surface area contributed by atoms with Crippen molar-refractivity contribution in [3.05, 3.63) is 47.0 Å². The van der Waals surface area contributed by atoms with Gasteiger partial charge in [-0.2, -0.15) is 0 Å².